The Morgan fingerprint density at radius 3 is 2.02 bits per heavy atom. The SMILES string of the molecule is O=C(NS(=O)(=O)c1ccccc1C(=O)O)c1cccc(-c2cccc(CC(=O)N(Cc3ccccc3)C3CCCCC3Cc3ccccc3)c2)c1. The maximum Gasteiger partial charge on any atom is 0.337 e. The third-order valence-corrected chi connectivity index (χ3v) is 10.9. The van der Waals surface area contributed by atoms with Crippen molar-refractivity contribution in [3.8, 4) is 11.1 Å². The van der Waals surface area contributed by atoms with E-state index in [1.165, 1.54) is 29.8 Å². The number of rotatable bonds is 12. The summed E-state index contributed by atoms with van der Waals surface area (Å²) in [6.45, 7) is 0.534. The predicted molar refractivity (Wildman–Crippen MR) is 197 cm³/mol. The number of nitrogens with one attached hydrogen (secondary N) is 1. The maximum atomic E-state index is 14.3. The van der Waals surface area contributed by atoms with Gasteiger partial charge in [-0.3, -0.25) is 9.59 Å². The first-order valence-corrected chi connectivity index (χ1v) is 18.6. The summed E-state index contributed by atoms with van der Waals surface area (Å²) in [5.41, 5.74) is 4.28. The highest BCUT2D eigenvalue weighted by molar-refractivity contribution is 7.90. The van der Waals surface area contributed by atoms with Crippen LogP contribution in [-0.4, -0.2) is 42.2 Å². The molecule has 1 aliphatic carbocycles. The van der Waals surface area contributed by atoms with Crippen molar-refractivity contribution < 1.29 is 27.9 Å². The molecule has 6 rings (SSSR count). The van der Waals surface area contributed by atoms with E-state index < -0.39 is 32.4 Å². The average molecular weight is 701 g/mol. The lowest BCUT2D eigenvalue weighted by Gasteiger charge is -2.40. The van der Waals surface area contributed by atoms with E-state index in [2.05, 4.69) is 41.3 Å². The van der Waals surface area contributed by atoms with E-state index in [9.17, 15) is 27.9 Å². The average Bonchev–Trinajstić information content (AvgIpc) is 3.15. The van der Waals surface area contributed by atoms with E-state index in [4.69, 9.17) is 0 Å². The molecule has 2 atom stereocenters. The summed E-state index contributed by atoms with van der Waals surface area (Å²) in [5, 5.41) is 9.45. The first kappa shape index (κ1) is 35.3. The lowest BCUT2D eigenvalue weighted by Crippen LogP contribution is -2.46. The fraction of sp³-hybridized carbons (Fsp3) is 0.214. The van der Waals surface area contributed by atoms with Crippen molar-refractivity contribution in [3.63, 3.8) is 0 Å². The van der Waals surface area contributed by atoms with Crippen LogP contribution in [0.4, 0.5) is 0 Å². The van der Waals surface area contributed by atoms with Crippen LogP contribution in [-0.2, 0) is 34.2 Å². The number of nitrogens with zero attached hydrogens (tertiary/aromatic N) is 1. The third-order valence-electron chi connectivity index (χ3n) is 9.50. The van der Waals surface area contributed by atoms with E-state index in [0.717, 1.165) is 54.9 Å². The van der Waals surface area contributed by atoms with Crippen molar-refractivity contribution in [1.82, 2.24) is 9.62 Å². The zero-order valence-corrected chi connectivity index (χ0v) is 29.0. The van der Waals surface area contributed by atoms with Gasteiger partial charge in [-0.15, -0.1) is 0 Å². The molecule has 1 aliphatic rings. The fourth-order valence-corrected chi connectivity index (χ4v) is 8.19. The second-order valence-electron chi connectivity index (χ2n) is 13.0. The molecular formula is C42H40N2O6S. The molecule has 5 aromatic rings. The summed E-state index contributed by atoms with van der Waals surface area (Å²) >= 11 is 0. The van der Waals surface area contributed by atoms with Gasteiger partial charge in [-0.2, -0.15) is 0 Å². The molecule has 8 nitrogen and oxygen atoms in total. The Hall–Kier alpha value is -5.54. The van der Waals surface area contributed by atoms with Gasteiger partial charge >= 0.3 is 5.97 Å². The standard InChI is InChI=1S/C42H40N2O6S/c45-40(44(29-31-15-5-2-6-16-31)38-23-9-7-18-35(38)25-30-13-3-1-4-14-30)27-32-17-11-19-33(26-32)34-20-12-21-36(28-34)41(46)43-51(49,50)39-24-10-8-22-37(39)42(47)48/h1-6,8,10-17,19-22,24,26,28,35,38H,7,9,18,23,25,27,29H2,(H,43,46)(H,47,48). The summed E-state index contributed by atoms with van der Waals surface area (Å²) in [6, 6.07) is 40.0. The number of amides is 2. The Bertz CT molecular complexity index is 2120. The summed E-state index contributed by atoms with van der Waals surface area (Å²) < 4.78 is 28.0. The number of benzene rings is 5. The van der Waals surface area contributed by atoms with Crippen LogP contribution >= 0.6 is 0 Å². The number of aromatic carboxylic acids is 1. The third kappa shape index (κ3) is 8.80. The van der Waals surface area contributed by atoms with Gasteiger partial charge in [0.05, 0.1) is 12.0 Å². The van der Waals surface area contributed by atoms with E-state index in [-0.39, 0.29) is 23.9 Å². The highest BCUT2D eigenvalue weighted by Crippen LogP contribution is 2.33. The molecule has 0 spiro atoms. The van der Waals surface area contributed by atoms with Crippen LogP contribution in [0.3, 0.4) is 0 Å². The van der Waals surface area contributed by atoms with E-state index in [0.29, 0.717) is 18.0 Å². The Labute approximate surface area is 298 Å². The van der Waals surface area contributed by atoms with Gasteiger partial charge in [0.1, 0.15) is 4.90 Å². The first-order chi connectivity index (χ1) is 24.7. The molecule has 1 saturated carbocycles. The molecular weight excluding hydrogens is 661 g/mol. The summed E-state index contributed by atoms with van der Waals surface area (Å²) in [6.07, 6.45) is 5.41. The van der Waals surface area contributed by atoms with Gasteiger partial charge in [-0.1, -0.05) is 122 Å². The Morgan fingerprint density at radius 1 is 0.686 bits per heavy atom. The fourth-order valence-electron chi connectivity index (χ4n) is 7.01. The van der Waals surface area contributed by atoms with Gasteiger partial charge in [0.25, 0.3) is 15.9 Å². The number of sulfonamides is 1. The van der Waals surface area contributed by atoms with Crippen LogP contribution < -0.4 is 4.72 Å². The zero-order chi connectivity index (χ0) is 35.8. The number of carbonyl (C=O) groups is 3. The highest BCUT2D eigenvalue weighted by Gasteiger charge is 2.33. The molecule has 2 unspecified atom stereocenters. The lowest BCUT2D eigenvalue weighted by atomic mass is 9.79. The lowest BCUT2D eigenvalue weighted by molar-refractivity contribution is -0.135. The molecule has 1 fully saturated rings. The smallest absolute Gasteiger partial charge is 0.337 e. The molecule has 0 radical (unpaired) electrons. The Morgan fingerprint density at radius 2 is 1.29 bits per heavy atom. The van der Waals surface area contributed by atoms with Crippen LogP contribution in [0, 0.1) is 5.92 Å². The number of hydrogen-bond acceptors (Lipinski definition) is 5. The molecule has 9 heteroatoms. The van der Waals surface area contributed by atoms with Gasteiger partial charge in [-0.05, 0) is 77.3 Å². The normalized spacial score (nSPS) is 15.8. The molecule has 0 saturated heterocycles. The largest absolute Gasteiger partial charge is 0.478 e. The minimum atomic E-state index is -4.47. The molecule has 5 aromatic carbocycles. The Kier molecular flexibility index (Phi) is 11.1. The predicted octanol–water partition coefficient (Wildman–Crippen LogP) is 7.54. The molecule has 0 bridgehead atoms. The Balaban J connectivity index is 1.22. The van der Waals surface area contributed by atoms with Crippen molar-refractivity contribution in [3.05, 3.63) is 161 Å². The van der Waals surface area contributed by atoms with Crippen molar-refractivity contribution in [2.75, 3.05) is 0 Å². The minimum Gasteiger partial charge on any atom is -0.478 e. The van der Waals surface area contributed by atoms with Crippen LogP contribution in [0.1, 0.15) is 63.1 Å². The van der Waals surface area contributed by atoms with Crippen LogP contribution in [0.25, 0.3) is 11.1 Å². The topological polar surface area (TPSA) is 121 Å². The quantitative estimate of drug-likeness (QED) is 0.139. The van der Waals surface area contributed by atoms with Gasteiger partial charge in [0.2, 0.25) is 5.91 Å². The molecule has 0 aromatic heterocycles. The van der Waals surface area contributed by atoms with Crippen LogP contribution in [0.2, 0.25) is 0 Å². The number of carboxylic acids is 1. The maximum absolute atomic E-state index is 14.3. The zero-order valence-electron chi connectivity index (χ0n) is 28.2. The number of carboxylic acid groups (broad SMARTS) is 1. The van der Waals surface area contributed by atoms with Crippen molar-refractivity contribution >= 4 is 27.8 Å². The molecule has 2 N–H and O–H groups in total. The molecule has 2 amide bonds. The minimum absolute atomic E-state index is 0.0564. The van der Waals surface area contributed by atoms with Crippen molar-refractivity contribution in [2.45, 2.75) is 56.0 Å². The molecule has 260 valence electrons. The monoisotopic (exact) mass is 700 g/mol. The van der Waals surface area contributed by atoms with E-state index in [1.807, 2.05) is 59.3 Å². The van der Waals surface area contributed by atoms with Gasteiger partial charge in [-0.25, -0.2) is 17.9 Å². The molecule has 0 heterocycles. The number of carbonyl (C=O) groups excluding carboxylic acids is 2. The second kappa shape index (κ2) is 16.0. The van der Waals surface area contributed by atoms with Gasteiger partial charge in [0, 0.05) is 18.2 Å². The van der Waals surface area contributed by atoms with E-state index >= 15 is 0 Å². The summed E-state index contributed by atoms with van der Waals surface area (Å²) in [4.78, 5) is 40.6. The summed E-state index contributed by atoms with van der Waals surface area (Å²) in [7, 11) is -4.47. The molecule has 0 aliphatic heterocycles. The highest BCUT2D eigenvalue weighted by atomic mass is 32.2. The van der Waals surface area contributed by atoms with E-state index in [1.54, 1.807) is 12.1 Å². The number of hydrogen-bond donors (Lipinski definition) is 2. The van der Waals surface area contributed by atoms with Gasteiger partial charge < -0.3 is 10.0 Å². The van der Waals surface area contributed by atoms with Crippen LogP contribution in [0.5, 0.6) is 0 Å². The van der Waals surface area contributed by atoms with Crippen molar-refractivity contribution in [1.29, 1.82) is 0 Å². The first-order valence-electron chi connectivity index (χ1n) is 17.1. The molecule has 51 heavy (non-hydrogen) atoms. The van der Waals surface area contributed by atoms with Gasteiger partial charge in [0.15, 0.2) is 0 Å². The van der Waals surface area contributed by atoms with Crippen molar-refractivity contribution in [2.24, 2.45) is 5.92 Å². The second-order valence-corrected chi connectivity index (χ2v) is 14.7. The summed E-state index contributed by atoms with van der Waals surface area (Å²) in [5.74, 6) is -1.90. The van der Waals surface area contributed by atoms with Crippen LogP contribution in [0.15, 0.2) is 138 Å².